The second-order valence-corrected chi connectivity index (χ2v) is 4.81. The minimum Gasteiger partial charge on any atom is -0.310 e. The van der Waals surface area contributed by atoms with Crippen LogP contribution < -0.4 is 5.32 Å². The van der Waals surface area contributed by atoms with Crippen molar-refractivity contribution in [3.8, 4) is 0 Å². The fourth-order valence-corrected chi connectivity index (χ4v) is 2.62. The average Bonchev–Trinajstić information content (AvgIpc) is 2.67. The van der Waals surface area contributed by atoms with Crippen LogP contribution >= 0.6 is 0 Å². The quantitative estimate of drug-likeness (QED) is 0.805. The van der Waals surface area contributed by atoms with Crippen LogP contribution in [0.4, 0.5) is 0 Å². The van der Waals surface area contributed by atoms with Crippen LogP contribution in [0.1, 0.15) is 37.3 Å². The number of aromatic nitrogens is 1. The van der Waals surface area contributed by atoms with Crippen molar-refractivity contribution >= 4 is 10.9 Å². The van der Waals surface area contributed by atoms with Gasteiger partial charge < -0.3 is 5.32 Å². The highest BCUT2D eigenvalue weighted by Crippen LogP contribution is 2.25. The highest BCUT2D eigenvalue weighted by atomic mass is 14.9. The number of benzene rings is 1. The Morgan fingerprint density at radius 1 is 1.12 bits per heavy atom. The molecule has 1 saturated heterocycles. The van der Waals surface area contributed by atoms with E-state index >= 15 is 0 Å². The molecule has 1 aromatic heterocycles. The van der Waals surface area contributed by atoms with Gasteiger partial charge in [0.2, 0.25) is 0 Å². The molecule has 0 spiro atoms. The van der Waals surface area contributed by atoms with Gasteiger partial charge >= 0.3 is 0 Å². The first-order valence-corrected chi connectivity index (χ1v) is 6.51. The maximum Gasteiger partial charge on any atom is 0.0702 e. The zero-order valence-corrected chi connectivity index (χ0v) is 10.0. The van der Waals surface area contributed by atoms with Gasteiger partial charge in [-0.15, -0.1) is 0 Å². The first-order valence-electron chi connectivity index (χ1n) is 6.51. The van der Waals surface area contributed by atoms with Crippen molar-refractivity contribution in [1.82, 2.24) is 10.3 Å². The number of fused-ring (bicyclic) bond motifs is 1. The molecule has 1 aromatic carbocycles. The summed E-state index contributed by atoms with van der Waals surface area (Å²) in [5.41, 5.74) is 2.50. The molecule has 1 unspecified atom stereocenters. The van der Waals surface area contributed by atoms with E-state index in [4.69, 9.17) is 0 Å². The summed E-state index contributed by atoms with van der Waals surface area (Å²) in [5.74, 6) is 0. The van der Waals surface area contributed by atoms with Crippen LogP contribution in [0.2, 0.25) is 0 Å². The van der Waals surface area contributed by atoms with Crippen LogP contribution in [0, 0.1) is 0 Å². The molecule has 3 rings (SSSR count). The fourth-order valence-electron chi connectivity index (χ4n) is 2.62. The van der Waals surface area contributed by atoms with E-state index in [1.54, 1.807) is 0 Å². The van der Waals surface area contributed by atoms with Crippen LogP contribution in [0.15, 0.2) is 36.5 Å². The molecule has 0 bridgehead atoms. The van der Waals surface area contributed by atoms with Crippen molar-refractivity contribution < 1.29 is 0 Å². The van der Waals surface area contributed by atoms with Crippen LogP contribution in [0.5, 0.6) is 0 Å². The molecule has 0 amide bonds. The molecule has 1 fully saturated rings. The van der Waals surface area contributed by atoms with Gasteiger partial charge in [-0.2, -0.15) is 0 Å². The predicted octanol–water partition coefficient (Wildman–Crippen LogP) is 3.44. The van der Waals surface area contributed by atoms with Crippen molar-refractivity contribution in [2.45, 2.75) is 31.7 Å². The van der Waals surface area contributed by atoms with E-state index < -0.39 is 0 Å². The summed E-state index contributed by atoms with van der Waals surface area (Å²) in [7, 11) is 0. The molecule has 2 nitrogen and oxygen atoms in total. The lowest BCUT2D eigenvalue weighted by Crippen LogP contribution is -2.20. The maximum absolute atomic E-state index is 4.37. The summed E-state index contributed by atoms with van der Waals surface area (Å²) in [6.07, 6.45) is 7.12. The van der Waals surface area contributed by atoms with Gasteiger partial charge in [0.15, 0.2) is 0 Å². The summed E-state index contributed by atoms with van der Waals surface area (Å²) in [4.78, 5) is 4.37. The Balaban J connectivity index is 1.93. The number of nitrogens with zero attached hydrogens (tertiary/aromatic N) is 1. The second-order valence-electron chi connectivity index (χ2n) is 4.81. The van der Waals surface area contributed by atoms with Crippen molar-refractivity contribution in [1.29, 1.82) is 0 Å². The summed E-state index contributed by atoms with van der Waals surface area (Å²) < 4.78 is 0. The first-order chi connectivity index (χ1) is 8.43. The molecule has 0 saturated carbocycles. The van der Waals surface area contributed by atoms with Crippen molar-refractivity contribution in [2.75, 3.05) is 6.54 Å². The zero-order chi connectivity index (χ0) is 11.5. The van der Waals surface area contributed by atoms with E-state index in [-0.39, 0.29) is 0 Å². The van der Waals surface area contributed by atoms with E-state index in [9.17, 15) is 0 Å². The average molecular weight is 226 g/mol. The third kappa shape index (κ3) is 2.32. The first kappa shape index (κ1) is 10.7. The largest absolute Gasteiger partial charge is 0.310 e. The van der Waals surface area contributed by atoms with E-state index in [1.807, 2.05) is 12.3 Å². The van der Waals surface area contributed by atoms with Crippen LogP contribution in [-0.4, -0.2) is 11.5 Å². The zero-order valence-electron chi connectivity index (χ0n) is 10.0. The number of hydrogen-bond donors (Lipinski definition) is 1. The highest BCUT2D eigenvalue weighted by Gasteiger charge is 2.13. The predicted molar refractivity (Wildman–Crippen MR) is 71.0 cm³/mol. The van der Waals surface area contributed by atoms with E-state index in [0.29, 0.717) is 6.04 Å². The minimum absolute atomic E-state index is 0.530. The number of pyridine rings is 1. The molecular formula is C15H18N2. The van der Waals surface area contributed by atoms with Gasteiger partial charge in [0, 0.05) is 17.6 Å². The van der Waals surface area contributed by atoms with Crippen LogP contribution in [0.3, 0.4) is 0 Å². The molecule has 2 heterocycles. The lowest BCUT2D eigenvalue weighted by Gasteiger charge is -2.16. The fraction of sp³-hybridized carbons (Fsp3) is 0.400. The lowest BCUT2D eigenvalue weighted by atomic mass is 10.0. The van der Waals surface area contributed by atoms with Crippen LogP contribution in [-0.2, 0) is 0 Å². The second kappa shape index (κ2) is 4.84. The van der Waals surface area contributed by atoms with Crippen molar-refractivity contribution in [2.24, 2.45) is 0 Å². The van der Waals surface area contributed by atoms with Gasteiger partial charge in [-0.1, -0.05) is 25.0 Å². The molecule has 1 atom stereocenters. The van der Waals surface area contributed by atoms with Crippen molar-refractivity contribution in [3.63, 3.8) is 0 Å². The van der Waals surface area contributed by atoms with E-state index in [1.165, 1.54) is 36.6 Å². The molecular weight excluding hydrogens is 208 g/mol. The van der Waals surface area contributed by atoms with Gasteiger partial charge in [0.1, 0.15) is 0 Å². The number of rotatable bonds is 1. The Hall–Kier alpha value is -1.41. The molecule has 0 radical (unpaired) electrons. The van der Waals surface area contributed by atoms with Gasteiger partial charge in [0.05, 0.1) is 5.52 Å². The van der Waals surface area contributed by atoms with Gasteiger partial charge in [-0.3, -0.25) is 4.98 Å². The third-order valence-electron chi connectivity index (χ3n) is 3.59. The highest BCUT2D eigenvalue weighted by molar-refractivity contribution is 5.79. The molecule has 2 aromatic rings. The summed E-state index contributed by atoms with van der Waals surface area (Å²) in [6, 6.07) is 11.3. The summed E-state index contributed by atoms with van der Waals surface area (Å²) in [6.45, 7) is 1.15. The Kier molecular flexibility index (Phi) is 3.06. The number of nitrogens with one attached hydrogen (secondary N) is 1. The topological polar surface area (TPSA) is 24.9 Å². The maximum atomic E-state index is 4.37. The lowest BCUT2D eigenvalue weighted by molar-refractivity contribution is 0.535. The Bertz CT molecular complexity index is 499. The monoisotopic (exact) mass is 226 g/mol. The van der Waals surface area contributed by atoms with Gasteiger partial charge in [-0.05, 0) is 43.1 Å². The molecule has 2 heteroatoms. The molecule has 88 valence electrons. The Morgan fingerprint density at radius 3 is 3.12 bits per heavy atom. The summed E-state index contributed by atoms with van der Waals surface area (Å²) in [5, 5.41) is 4.89. The van der Waals surface area contributed by atoms with Gasteiger partial charge in [-0.25, -0.2) is 0 Å². The van der Waals surface area contributed by atoms with Gasteiger partial charge in [0.25, 0.3) is 0 Å². The molecule has 17 heavy (non-hydrogen) atoms. The van der Waals surface area contributed by atoms with E-state index in [0.717, 1.165) is 12.1 Å². The van der Waals surface area contributed by atoms with Crippen molar-refractivity contribution in [3.05, 3.63) is 42.1 Å². The number of hydrogen-bond acceptors (Lipinski definition) is 2. The SMILES string of the molecule is c1cnc2ccc(C3CCCCCN3)cc2c1. The third-order valence-corrected chi connectivity index (χ3v) is 3.59. The smallest absolute Gasteiger partial charge is 0.0702 e. The Morgan fingerprint density at radius 2 is 2.12 bits per heavy atom. The standard InChI is InChI=1S/C15H18N2/c1-2-6-14(16-9-3-1)13-7-8-15-12(11-13)5-4-10-17-15/h4-5,7-8,10-11,14,16H,1-3,6,9H2. The Labute approximate surface area is 102 Å². The van der Waals surface area contributed by atoms with E-state index in [2.05, 4.69) is 34.6 Å². The van der Waals surface area contributed by atoms with Crippen LogP contribution in [0.25, 0.3) is 10.9 Å². The molecule has 1 aliphatic rings. The summed E-state index contributed by atoms with van der Waals surface area (Å²) >= 11 is 0. The molecule has 0 aliphatic carbocycles. The normalized spacial score (nSPS) is 21.3. The molecule has 1 N–H and O–H groups in total. The minimum atomic E-state index is 0.530. The molecule has 1 aliphatic heterocycles.